The highest BCUT2D eigenvalue weighted by Gasteiger charge is 2.25. The average molecular weight is 321 g/mol. The van der Waals surface area contributed by atoms with Crippen molar-refractivity contribution in [1.82, 2.24) is 0 Å². The van der Waals surface area contributed by atoms with Crippen LogP contribution in [-0.2, 0) is 0 Å². The van der Waals surface area contributed by atoms with Crippen LogP contribution in [0.3, 0.4) is 0 Å². The molecule has 2 aromatic rings. The summed E-state index contributed by atoms with van der Waals surface area (Å²) in [5.41, 5.74) is 0.938. The fourth-order valence-corrected chi connectivity index (χ4v) is 1.63. The van der Waals surface area contributed by atoms with Gasteiger partial charge in [0.1, 0.15) is 5.69 Å². The van der Waals surface area contributed by atoms with E-state index >= 15 is 0 Å². The van der Waals surface area contributed by atoms with Crippen molar-refractivity contribution in [2.75, 3.05) is 5.43 Å². The third-order valence-electron chi connectivity index (χ3n) is 2.50. The van der Waals surface area contributed by atoms with Crippen molar-refractivity contribution in [3.05, 3.63) is 63.9 Å². The maximum atomic E-state index is 13.3. The minimum atomic E-state index is -2.23. The van der Waals surface area contributed by atoms with E-state index in [1.807, 2.05) is 0 Å². The van der Waals surface area contributed by atoms with Crippen molar-refractivity contribution in [2.24, 2.45) is 5.10 Å². The quantitative estimate of drug-likeness (QED) is 0.291. The molecular formula is C13H6ClF5N2. The van der Waals surface area contributed by atoms with Gasteiger partial charge in [-0.25, -0.2) is 22.0 Å². The first kappa shape index (κ1) is 15.2. The lowest BCUT2D eigenvalue weighted by Crippen LogP contribution is -2.06. The molecule has 0 aliphatic heterocycles. The topological polar surface area (TPSA) is 24.4 Å². The Hall–Kier alpha value is -2.15. The van der Waals surface area contributed by atoms with Crippen molar-refractivity contribution in [1.29, 1.82) is 0 Å². The van der Waals surface area contributed by atoms with Crippen LogP contribution in [0.2, 0.25) is 5.02 Å². The first-order valence-electron chi connectivity index (χ1n) is 5.48. The number of anilines is 1. The van der Waals surface area contributed by atoms with Crippen molar-refractivity contribution in [3.8, 4) is 0 Å². The lowest BCUT2D eigenvalue weighted by atomic mass is 10.2. The number of halogens is 6. The van der Waals surface area contributed by atoms with Crippen LogP contribution in [0.1, 0.15) is 5.56 Å². The van der Waals surface area contributed by atoms with Crippen LogP contribution in [-0.4, -0.2) is 6.21 Å². The molecule has 0 fully saturated rings. The van der Waals surface area contributed by atoms with E-state index in [9.17, 15) is 22.0 Å². The van der Waals surface area contributed by atoms with Crippen LogP contribution in [0.25, 0.3) is 0 Å². The van der Waals surface area contributed by atoms with Gasteiger partial charge in [-0.05, 0) is 6.07 Å². The molecule has 21 heavy (non-hydrogen) atoms. The number of benzene rings is 2. The van der Waals surface area contributed by atoms with Crippen molar-refractivity contribution < 1.29 is 22.0 Å². The van der Waals surface area contributed by atoms with Gasteiger partial charge in [-0.1, -0.05) is 29.8 Å². The third-order valence-corrected chi connectivity index (χ3v) is 2.84. The molecule has 0 unspecified atom stereocenters. The predicted octanol–water partition coefficient (Wildman–Crippen LogP) is 4.48. The molecule has 0 bridgehead atoms. The molecule has 0 spiro atoms. The van der Waals surface area contributed by atoms with Gasteiger partial charge in [-0.3, -0.25) is 5.43 Å². The average Bonchev–Trinajstić information content (AvgIpc) is 2.48. The molecule has 0 saturated carbocycles. The lowest BCUT2D eigenvalue weighted by Gasteiger charge is -2.07. The normalized spacial score (nSPS) is 11.1. The highest BCUT2D eigenvalue weighted by Crippen LogP contribution is 2.27. The maximum absolute atomic E-state index is 13.3. The van der Waals surface area contributed by atoms with Crippen LogP contribution in [0, 0.1) is 29.1 Å². The maximum Gasteiger partial charge on any atom is 0.200 e. The second kappa shape index (κ2) is 6.09. The standard InChI is InChI=1S/C13H6ClF5N2/c14-7-4-2-1-3-6(7)5-20-21-13-11(18)9(16)8(15)10(17)12(13)19/h1-5,21H/b20-5-. The largest absolute Gasteiger partial charge is 0.272 e. The van der Waals surface area contributed by atoms with E-state index in [-0.39, 0.29) is 0 Å². The fraction of sp³-hybridized carbons (Fsp3) is 0. The second-order valence-electron chi connectivity index (χ2n) is 3.84. The molecule has 110 valence electrons. The zero-order valence-corrected chi connectivity index (χ0v) is 10.9. The van der Waals surface area contributed by atoms with Crippen molar-refractivity contribution >= 4 is 23.5 Å². The number of rotatable bonds is 3. The van der Waals surface area contributed by atoms with Crippen molar-refractivity contribution in [3.63, 3.8) is 0 Å². The molecule has 0 atom stereocenters. The molecule has 0 amide bonds. The van der Waals surface area contributed by atoms with E-state index < -0.39 is 34.8 Å². The summed E-state index contributed by atoms with van der Waals surface area (Å²) in [6.45, 7) is 0. The monoisotopic (exact) mass is 320 g/mol. The molecule has 0 aromatic heterocycles. The Morgan fingerprint density at radius 3 is 1.95 bits per heavy atom. The van der Waals surface area contributed by atoms with Gasteiger partial charge >= 0.3 is 0 Å². The predicted molar refractivity (Wildman–Crippen MR) is 68.9 cm³/mol. The molecule has 2 aromatic carbocycles. The van der Waals surface area contributed by atoms with E-state index in [0.717, 1.165) is 6.21 Å². The van der Waals surface area contributed by atoms with Crippen LogP contribution in [0.5, 0.6) is 0 Å². The minimum Gasteiger partial charge on any atom is -0.272 e. The van der Waals surface area contributed by atoms with Crippen LogP contribution in [0.4, 0.5) is 27.6 Å². The van der Waals surface area contributed by atoms with Gasteiger partial charge in [0.05, 0.1) is 6.21 Å². The van der Waals surface area contributed by atoms with E-state index in [1.54, 1.807) is 29.7 Å². The van der Waals surface area contributed by atoms with Gasteiger partial charge < -0.3 is 0 Å². The Kier molecular flexibility index (Phi) is 4.42. The first-order valence-corrected chi connectivity index (χ1v) is 5.86. The zero-order valence-electron chi connectivity index (χ0n) is 10.1. The lowest BCUT2D eigenvalue weighted by molar-refractivity contribution is 0.381. The molecule has 0 heterocycles. The summed E-state index contributed by atoms with van der Waals surface area (Å²) in [5, 5.41) is 3.72. The Labute approximate surface area is 120 Å². The molecule has 0 aliphatic rings. The summed E-state index contributed by atoms with van der Waals surface area (Å²) in [4.78, 5) is 0. The minimum absolute atomic E-state index is 0.306. The second-order valence-corrected chi connectivity index (χ2v) is 4.24. The Morgan fingerprint density at radius 2 is 1.38 bits per heavy atom. The molecule has 2 nitrogen and oxygen atoms in total. The Balaban J connectivity index is 2.31. The highest BCUT2D eigenvalue weighted by atomic mass is 35.5. The molecule has 8 heteroatoms. The fourth-order valence-electron chi connectivity index (χ4n) is 1.45. The molecule has 0 saturated heterocycles. The van der Waals surface area contributed by atoms with Crippen LogP contribution >= 0.6 is 11.6 Å². The zero-order chi connectivity index (χ0) is 15.6. The van der Waals surface area contributed by atoms with Crippen LogP contribution < -0.4 is 5.43 Å². The van der Waals surface area contributed by atoms with Gasteiger partial charge in [-0.15, -0.1) is 0 Å². The molecule has 2 rings (SSSR count). The number of hydrazone groups is 1. The number of hydrogen-bond acceptors (Lipinski definition) is 2. The smallest absolute Gasteiger partial charge is 0.200 e. The van der Waals surface area contributed by atoms with Gasteiger partial charge in [0.15, 0.2) is 23.3 Å². The van der Waals surface area contributed by atoms with E-state index in [4.69, 9.17) is 11.6 Å². The third kappa shape index (κ3) is 2.97. The summed E-state index contributed by atoms with van der Waals surface area (Å²) < 4.78 is 65.4. The Bertz CT molecular complexity index is 689. The van der Waals surface area contributed by atoms with Gasteiger partial charge in [0.2, 0.25) is 5.82 Å². The molecule has 0 aliphatic carbocycles. The summed E-state index contributed by atoms with van der Waals surface area (Å²) >= 11 is 5.80. The van der Waals surface area contributed by atoms with Crippen LogP contribution in [0.15, 0.2) is 29.4 Å². The number of hydrogen-bond donors (Lipinski definition) is 1. The summed E-state index contributed by atoms with van der Waals surface area (Å²) in [7, 11) is 0. The van der Waals surface area contributed by atoms with Crippen molar-refractivity contribution in [2.45, 2.75) is 0 Å². The highest BCUT2D eigenvalue weighted by molar-refractivity contribution is 6.33. The van der Waals surface area contributed by atoms with Gasteiger partial charge in [-0.2, -0.15) is 5.10 Å². The Morgan fingerprint density at radius 1 is 0.857 bits per heavy atom. The number of nitrogens with zero attached hydrogens (tertiary/aromatic N) is 1. The summed E-state index contributed by atoms with van der Waals surface area (Å²) in [6, 6.07) is 6.37. The molecular weight excluding hydrogens is 315 g/mol. The van der Waals surface area contributed by atoms with E-state index in [0.29, 0.717) is 10.6 Å². The number of nitrogens with one attached hydrogen (secondary N) is 1. The van der Waals surface area contributed by atoms with Gasteiger partial charge in [0.25, 0.3) is 0 Å². The molecule has 0 radical (unpaired) electrons. The molecule has 1 N–H and O–H groups in total. The SMILES string of the molecule is Fc1c(F)c(F)c(N/N=C\c2ccccc2Cl)c(F)c1F. The van der Waals surface area contributed by atoms with Gasteiger partial charge in [0, 0.05) is 10.6 Å². The summed E-state index contributed by atoms with van der Waals surface area (Å²) in [6.07, 6.45) is 1.08. The summed E-state index contributed by atoms with van der Waals surface area (Å²) in [5.74, 6) is -10.3. The van der Waals surface area contributed by atoms with E-state index in [1.165, 1.54) is 0 Å². The first-order chi connectivity index (χ1) is 9.93. The van der Waals surface area contributed by atoms with E-state index in [2.05, 4.69) is 5.10 Å².